The first-order valence-corrected chi connectivity index (χ1v) is 6.39. The number of hydrogen-bond acceptors (Lipinski definition) is 6. The van der Waals surface area contributed by atoms with Crippen LogP contribution in [0.3, 0.4) is 0 Å². The summed E-state index contributed by atoms with van der Waals surface area (Å²) in [5.41, 5.74) is -0.629. The van der Waals surface area contributed by atoms with Gasteiger partial charge in [-0.2, -0.15) is 0 Å². The lowest BCUT2D eigenvalue weighted by Gasteiger charge is -2.24. The Kier molecular flexibility index (Phi) is 5.06. The van der Waals surface area contributed by atoms with Gasteiger partial charge in [0, 0.05) is 11.6 Å². The van der Waals surface area contributed by atoms with Gasteiger partial charge in [0.1, 0.15) is 16.7 Å². The highest BCUT2D eigenvalue weighted by Crippen LogP contribution is 2.19. The lowest BCUT2D eigenvalue weighted by Crippen LogP contribution is -2.44. The second-order valence-electron chi connectivity index (χ2n) is 4.75. The molecule has 0 aliphatic heterocycles. The summed E-state index contributed by atoms with van der Waals surface area (Å²) in [4.78, 5) is 15.5. The van der Waals surface area contributed by atoms with E-state index in [0.29, 0.717) is 5.01 Å². The van der Waals surface area contributed by atoms with Crippen LogP contribution in [0.4, 0.5) is 4.79 Å². The fourth-order valence-electron chi connectivity index (χ4n) is 1.24. The monoisotopic (exact) mass is 274 g/mol. The van der Waals surface area contributed by atoms with E-state index < -0.39 is 30.4 Å². The molecule has 0 bridgehead atoms. The summed E-state index contributed by atoms with van der Waals surface area (Å²) in [6, 6.07) is -0.842. The molecule has 0 fully saturated rings. The van der Waals surface area contributed by atoms with E-state index in [4.69, 9.17) is 4.74 Å². The number of amides is 1. The smallest absolute Gasteiger partial charge is 0.408 e. The molecule has 1 rings (SSSR count). The molecule has 7 heteroatoms. The maximum atomic E-state index is 11.5. The first kappa shape index (κ1) is 14.9. The summed E-state index contributed by atoms with van der Waals surface area (Å²) in [5.74, 6) is 0. The molecule has 1 amide bonds. The minimum absolute atomic E-state index is 0.403. The van der Waals surface area contributed by atoms with Crippen LogP contribution in [0.1, 0.15) is 31.9 Å². The molecule has 3 N–H and O–H groups in total. The van der Waals surface area contributed by atoms with Gasteiger partial charge in [0.25, 0.3) is 0 Å². The van der Waals surface area contributed by atoms with Gasteiger partial charge in [-0.15, -0.1) is 11.3 Å². The number of aromatic nitrogens is 1. The van der Waals surface area contributed by atoms with Gasteiger partial charge < -0.3 is 20.3 Å². The average Bonchev–Trinajstić information content (AvgIpc) is 2.75. The van der Waals surface area contributed by atoms with E-state index in [2.05, 4.69) is 10.3 Å². The van der Waals surface area contributed by atoms with E-state index in [1.165, 1.54) is 11.3 Å². The largest absolute Gasteiger partial charge is 0.444 e. The molecule has 18 heavy (non-hydrogen) atoms. The van der Waals surface area contributed by atoms with Gasteiger partial charge in [0.2, 0.25) is 0 Å². The molecule has 0 saturated heterocycles. The first-order valence-electron chi connectivity index (χ1n) is 5.51. The van der Waals surface area contributed by atoms with E-state index >= 15 is 0 Å². The molecule has 0 unspecified atom stereocenters. The number of aliphatic hydroxyl groups excluding tert-OH is 2. The van der Waals surface area contributed by atoms with Crippen LogP contribution >= 0.6 is 11.3 Å². The zero-order valence-corrected chi connectivity index (χ0v) is 11.4. The molecular formula is C11H18N2O4S. The summed E-state index contributed by atoms with van der Waals surface area (Å²) in [6.45, 7) is 4.80. The van der Waals surface area contributed by atoms with Crippen molar-refractivity contribution in [2.75, 3.05) is 6.61 Å². The predicted molar refractivity (Wildman–Crippen MR) is 67.3 cm³/mol. The van der Waals surface area contributed by atoms with E-state index in [-0.39, 0.29) is 0 Å². The van der Waals surface area contributed by atoms with Crippen molar-refractivity contribution in [3.63, 3.8) is 0 Å². The third-order valence-electron chi connectivity index (χ3n) is 1.98. The molecule has 0 spiro atoms. The molecular weight excluding hydrogens is 256 g/mol. The van der Waals surface area contributed by atoms with Crippen LogP contribution in [-0.2, 0) is 4.74 Å². The van der Waals surface area contributed by atoms with Crippen molar-refractivity contribution < 1.29 is 19.7 Å². The zero-order chi connectivity index (χ0) is 13.8. The number of nitrogens with zero attached hydrogens (tertiary/aromatic N) is 1. The van der Waals surface area contributed by atoms with Gasteiger partial charge in [-0.25, -0.2) is 9.78 Å². The zero-order valence-electron chi connectivity index (χ0n) is 10.6. The highest BCUT2D eigenvalue weighted by Gasteiger charge is 2.26. The fourth-order valence-corrected chi connectivity index (χ4v) is 1.92. The number of rotatable bonds is 4. The van der Waals surface area contributed by atoms with Crippen molar-refractivity contribution in [3.05, 3.63) is 16.6 Å². The summed E-state index contributed by atoms with van der Waals surface area (Å²) in [7, 11) is 0. The lowest BCUT2D eigenvalue weighted by molar-refractivity contribution is 0.0349. The van der Waals surface area contributed by atoms with Gasteiger partial charge in [-0.1, -0.05) is 0 Å². The molecule has 1 aromatic rings. The Morgan fingerprint density at radius 2 is 2.28 bits per heavy atom. The lowest BCUT2D eigenvalue weighted by atomic mass is 10.2. The van der Waals surface area contributed by atoms with Gasteiger partial charge >= 0.3 is 6.09 Å². The van der Waals surface area contributed by atoms with E-state index in [9.17, 15) is 15.0 Å². The highest BCUT2D eigenvalue weighted by molar-refractivity contribution is 7.09. The Morgan fingerprint density at radius 3 is 2.72 bits per heavy atom. The predicted octanol–water partition coefficient (Wildman–Crippen LogP) is 1.06. The van der Waals surface area contributed by atoms with Gasteiger partial charge in [0.05, 0.1) is 12.6 Å². The number of ether oxygens (including phenoxy) is 1. The highest BCUT2D eigenvalue weighted by atomic mass is 32.1. The minimum atomic E-state index is -1.05. The fraction of sp³-hybridized carbons (Fsp3) is 0.636. The second-order valence-corrected chi connectivity index (χ2v) is 5.68. The van der Waals surface area contributed by atoms with Crippen molar-refractivity contribution in [1.82, 2.24) is 10.3 Å². The normalized spacial score (nSPS) is 14.9. The number of alkyl carbamates (subject to hydrolysis) is 1. The standard InChI is InChI=1S/C11H18N2O4S/c1-11(2,3)17-10(16)13-7(6-14)8(15)9-12-4-5-18-9/h4-5,7-8,14-15H,6H2,1-3H3,(H,13,16)/t7-,8+/m0/s1. The third kappa shape index (κ3) is 4.59. The number of carbonyl (C=O) groups is 1. The Morgan fingerprint density at radius 1 is 1.61 bits per heavy atom. The quantitative estimate of drug-likeness (QED) is 0.763. The average molecular weight is 274 g/mol. The van der Waals surface area contributed by atoms with Crippen molar-refractivity contribution in [2.45, 2.75) is 38.5 Å². The van der Waals surface area contributed by atoms with E-state index in [1.807, 2.05) is 0 Å². The van der Waals surface area contributed by atoms with Crippen LogP contribution in [0, 0.1) is 0 Å². The SMILES string of the molecule is CC(C)(C)OC(=O)N[C@@H](CO)[C@@H](O)c1nccs1. The number of hydrogen-bond donors (Lipinski definition) is 3. The van der Waals surface area contributed by atoms with E-state index in [0.717, 1.165) is 0 Å². The molecule has 2 atom stereocenters. The van der Waals surface area contributed by atoms with Crippen molar-refractivity contribution in [1.29, 1.82) is 0 Å². The van der Waals surface area contributed by atoms with Crippen LogP contribution in [0.2, 0.25) is 0 Å². The van der Waals surface area contributed by atoms with Gasteiger partial charge in [-0.05, 0) is 20.8 Å². The summed E-state index contributed by atoms with van der Waals surface area (Å²) in [5, 5.41) is 23.7. The van der Waals surface area contributed by atoms with Crippen LogP contribution in [0.25, 0.3) is 0 Å². The topological polar surface area (TPSA) is 91.7 Å². The molecule has 1 aromatic heterocycles. The second kappa shape index (κ2) is 6.12. The Labute approximate surface area is 110 Å². The maximum absolute atomic E-state index is 11.5. The first-order chi connectivity index (χ1) is 8.33. The molecule has 0 saturated carbocycles. The molecule has 1 heterocycles. The number of thiazole rings is 1. The molecule has 0 aliphatic rings. The van der Waals surface area contributed by atoms with Crippen molar-refractivity contribution in [2.24, 2.45) is 0 Å². The maximum Gasteiger partial charge on any atom is 0.408 e. The Bertz CT molecular complexity index is 375. The van der Waals surface area contributed by atoms with Crippen LogP contribution in [0.5, 0.6) is 0 Å². The van der Waals surface area contributed by atoms with E-state index in [1.54, 1.807) is 32.3 Å². The number of nitrogens with one attached hydrogen (secondary N) is 1. The number of carbonyl (C=O) groups excluding carboxylic acids is 1. The van der Waals surface area contributed by atoms with Crippen LogP contribution < -0.4 is 5.32 Å². The van der Waals surface area contributed by atoms with Crippen molar-refractivity contribution in [3.8, 4) is 0 Å². The number of aliphatic hydroxyl groups is 2. The summed E-state index contributed by atoms with van der Waals surface area (Å²) < 4.78 is 5.05. The van der Waals surface area contributed by atoms with Crippen LogP contribution in [-0.4, -0.2) is 39.5 Å². The van der Waals surface area contributed by atoms with Crippen LogP contribution in [0.15, 0.2) is 11.6 Å². The Hall–Kier alpha value is -1.18. The van der Waals surface area contributed by atoms with Gasteiger partial charge in [-0.3, -0.25) is 0 Å². The summed E-state index contributed by atoms with van der Waals surface area (Å²) >= 11 is 1.25. The molecule has 0 aliphatic carbocycles. The molecule has 0 radical (unpaired) electrons. The minimum Gasteiger partial charge on any atom is -0.444 e. The molecule has 0 aromatic carbocycles. The van der Waals surface area contributed by atoms with Crippen molar-refractivity contribution >= 4 is 17.4 Å². The molecule has 102 valence electrons. The third-order valence-corrected chi connectivity index (χ3v) is 2.83. The summed E-state index contributed by atoms with van der Waals surface area (Å²) in [6.07, 6.45) is -0.190. The Balaban J connectivity index is 2.59. The molecule has 6 nitrogen and oxygen atoms in total. The van der Waals surface area contributed by atoms with Gasteiger partial charge in [0.15, 0.2) is 0 Å².